The van der Waals surface area contributed by atoms with Gasteiger partial charge < -0.3 is 20.3 Å². The first-order chi connectivity index (χ1) is 13.0. The van der Waals surface area contributed by atoms with Crippen LogP contribution in [0.3, 0.4) is 0 Å². The minimum absolute atomic E-state index is 0. The van der Waals surface area contributed by atoms with Crippen molar-refractivity contribution in [3.8, 4) is 0 Å². The SMILES string of the molecule is CC(NC(=NCC(=O)N(C)C)NCC1CCCCO1)C(C)c1ccccc1.I. The molecule has 0 bridgehead atoms. The maximum Gasteiger partial charge on any atom is 0.243 e. The van der Waals surface area contributed by atoms with Crippen LogP contribution in [-0.2, 0) is 9.53 Å². The summed E-state index contributed by atoms with van der Waals surface area (Å²) >= 11 is 0. The monoisotopic (exact) mass is 502 g/mol. The van der Waals surface area contributed by atoms with Crippen LogP contribution in [0.5, 0.6) is 0 Å². The predicted octanol–water partition coefficient (Wildman–Crippen LogP) is 2.99. The van der Waals surface area contributed by atoms with Gasteiger partial charge in [-0.05, 0) is 31.7 Å². The molecule has 3 atom stereocenters. The van der Waals surface area contributed by atoms with E-state index < -0.39 is 0 Å². The highest BCUT2D eigenvalue weighted by molar-refractivity contribution is 14.0. The van der Waals surface area contributed by atoms with E-state index in [-0.39, 0.29) is 48.6 Å². The molecule has 28 heavy (non-hydrogen) atoms. The van der Waals surface area contributed by atoms with Crippen LogP contribution >= 0.6 is 24.0 Å². The van der Waals surface area contributed by atoms with Crippen LogP contribution in [0, 0.1) is 0 Å². The fraction of sp³-hybridized carbons (Fsp3) is 0.619. The van der Waals surface area contributed by atoms with E-state index in [0.29, 0.717) is 18.4 Å². The fourth-order valence-corrected chi connectivity index (χ4v) is 3.01. The van der Waals surface area contributed by atoms with Crippen molar-refractivity contribution in [3.63, 3.8) is 0 Å². The number of carbonyl (C=O) groups is 1. The predicted molar refractivity (Wildman–Crippen MR) is 125 cm³/mol. The van der Waals surface area contributed by atoms with E-state index in [1.165, 1.54) is 12.0 Å². The number of carbonyl (C=O) groups excluding carboxylic acids is 1. The van der Waals surface area contributed by atoms with Crippen molar-refractivity contribution < 1.29 is 9.53 Å². The van der Waals surface area contributed by atoms with Gasteiger partial charge in [0.25, 0.3) is 0 Å². The summed E-state index contributed by atoms with van der Waals surface area (Å²) in [7, 11) is 3.49. The first-order valence-electron chi connectivity index (χ1n) is 9.89. The van der Waals surface area contributed by atoms with Gasteiger partial charge in [0.1, 0.15) is 6.54 Å². The highest BCUT2D eigenvalue weighted by Crippen LogP contribution is 2.18. The van der Waals surface area contributed by atoms with Gasteiger partial charge in [0.2, 0.25) is 5.91 Å². The average Bonchev–Trinajstić information content (AvgIpc) is 2.70. The molecule has 2 N–H and O–H groups in total. The molecule has 1 heterocycles. The topological polar surface area (TPSA) is 66.0 Å². The van der Waals surface area contributed by atoms with Gasteiger partial charge in [0, 0.05) is 39.2 Å². The number of hydrogen-bond donors (Lipinski definition) is 2. The average molecular weight is 502 g/mol. The number of halogens is 1. The van der Waals surface area contributed by atoms with E-state index in [2.05, 4.69) is 53.7 Å². The number of nitrogens with one attached hydrogen (secondary N) is 2. The summed E-state index contributed by atoms with van der Waals surface area (Å²) in [5.74, 6) is 0.956. The molecule has 3 unspecified atom stereocenters. The Morgan fingerprint density at radius 1 is 1.25 bits per heavy atom. The van der Waals surface area contributed by atoms with Gasteiger partial charge in [-0.15, -0.1) is 24.0 Å². The van der Waals surface area contributed by atoms with Gasteiger partial charge in [-0.25, -0.2) is 4.99 Å². The molecule has 1 fully saturated rings. The lowest BCUT2D eigenvalue weighted by molar-refractivity contribution is -0.127. The zero-order valence-corrected chi connectivity index (χ0v) is 19.8. The molecule has 0 radical (unpaired) electrons. The molecule has 158 valence electrons. The van der Waals surface area contributed by atoms with Crippen LogP contribution in [0.1, 0.15) is 44.6 Å². The number of ether oxygens (including phenoxy) is 1. The molecule has 1 aliphatic heterocycles. The third-order valence-electron chi connectivity index (χ3n) is 5.08. The molecule has 2 rings (SSSR count). The molecule has 0 aromatic heterocycles. The van der Waals surface area contributed by atoms with Gasteiger partial charge in [-0.2, -0.15) is 0 Å². The van der Waals surface area contributed by atoms with E-state index in [4.69, 9.17) is 4.74 Å². The summed E-state index contributed by atoms with van der Waals surface area (Å²) in [4.78, 5) is 18.0. The number of rotatable bonds is 7. The molecule has 6 nitrogen and oxygen atoms in total. The van der Waals surface area contributed by atoms with Crippen molar-refractivity contribution in [1.82, 2.24) is 15.5 Å². The molecule has 0 spiro atoms. The molecule has 1 aliphatic rings. The Morgan fingerprint density at radius 3 is 2.57 bits per heavy atom. The number of aliphatic imine (C=N–C) groups is 1. The van der Waals surface area contributed by atoms with E-state index in [1.807, 2.05) is 6.07 Å². The summed E-state index contributed by atoms with van der Waals surface area (Å²) in [6.45, 7) is 5.99. The van der Waals surface area contributed by atoms with Crippen LogP contribution in [0.4, 0.5) is 0 Å². The second kappa shape index (κ2) is 13.0. The quantitative estimate of drug-likeness (QED) is 0.342. The Morgan fingerprint density at radius 2 is 1.96 bits per heavy atom. The summed E-state index contributed by atoms with van der Waals surface area (Å²) in [6.07, 6.45) is 3.61. The molecule has 1 amide bonds. The van der Waals surface area contributed by atoms with Crippen molar-refractivity contribution in [3.05, 3.63) is 35.9 Å². The minimum atomic E-state index is -0.0197. The third kappa shape index (κ3) is 8.34. The van der Waals surface area contributed by atoms with Gasteiger partial charge in [-0.1, -0.05) is 37.3 Å². The molecular weight excluding hydrogens is 467 g/mol. The van der Waals surface area contributed by atoms with Crippen molar-refractivity contribution in [2.24, 2.45) is 4.99 Å². The van der Waals surface area contributed by atoms with E-state index >= 15 is 0 Å². The van der Waals surface area contributed by atoms with Gasteiger partial charge >= 0.3 is 0 Å². The maximum absolute atomic E-state index is 11.9. The Bertz CT molecular complexity index is 604. The van der Waals surface area contributed by atoms with Gasteiger partial charge in [0.05, 0.1) is 6.10 Å². The van der Waals surface area contributed by atoms with Crippen LogP contribution < -0.4 is 10.6 Å². The lowest BCUT2D eigenvalue weighted by atomic mass is 9.94. The second-order valence-corrected chi connectivity index (χ2v) is 7.45. The zero-order valence-electron chi connectivity index (χ0n) is 17.5. The molecule has 1 aromatic carbocycles. The fourth-order valence-electron chi connectivity index (χ4n) is 3.01. The lowest BCUT2D eigenvalue weighted by Crippen LogP contribution is -2.47. The summed E-state index contributed by atoms with van der Waals surface area (Å²) in [5.41, 5.74) is 1.27. The molecule has 1 saturated heterocycles. The summed E-state index contributed by atoms with van der Waals surface area (Å²) in [5, 5.41) is 6.83. The normalized spacial score (nSPS) is 19.1. The van der Waals surface area contributed by atoms with E-state index in [9.17, 15) is 4.79 Å². The van der Waals surface area contributed by atoms with E-state index in [0.717, 1.165) is 19.4 Å². The largest absolute Gasteiger partial charge is 0.376 e. The van der Waals surface area contributed by atoms with Crippen molar-refractivity contribution in [2.45, 2.75) is 51.2 Å². The molecule has 1 aromatic rings. The Balaban J connectivity index is 0.00000392. The first-order valence-corrected chi connectivity index (χ1v) is 9.89. The standard InChI is InChI=1S/C21H34N4O2.HI/c1-16(18-10-6-5-7-11-18)17(2)24-21(23-15-20(26)25(3)4)22-14-19-12-8-9-13-27-19;/h5-7,10-11,16-17,19H,8-9,12-15H2,1-4H3,(H2,22,23,24);1H. The maximum atomic E-state index is 11.9. The first kappa shape index (κ1) is 24.7. The lowest BCUT2D eigenvalue weighted by Gasteiger charge is -2.27. The number of nitrogens with zero attached hydrogens (tertiary/aromatic N) is 2. The minimum Gasteiger partial charge on any atom is -0.376 e. The van der Waals surface area contributed by atoms with Crippen molar-refractivity contribution >= 4 is 35.8 Å². The number of amides is 1. The van der Waals surface area contributed by atoms with Crippen LogP contribution in [0.2, 0.25) is 0 Å². The van der Waals surface area contributed by atoms with Gasteiger partial charge in [0.15, 0.2) is 5.96 Å². The molecule has 0 aliphatic carbocycles. The van der Waals surface area contributed by atoms with Gasteiger partial charge in [-0.3, -0.25) is 4.79 Å². The Kier molecular flexibility index (Phi) is 11.4. The second-order valence-electron chi connectivity index (χ2n) is 7.45. The van der Waals surface area contributed by atoms with Crippen LogP contribution in [-0.4, -0.2) is 62.7 Å². The summed E-state index contributed by atoms with van der Waals surface area (Å²) < 4.78 is 5.79. The zero-order chi connectivity index (χ0) is 19.6. The van der Waals surface area contributed by atoms with Crippen LogP contribution in [0.15, 0.2) is 35.3 Å². The highest BCUT2D eigenvalue weighted by atomic mass is 127. The third-order valence-corrected chi connectivity index (χ3v) is 5.08. The number of likely N-dealkylation sites (N-methyl/N-ethyl adjacent to an activating group) is 1. The molecule has 7 heteroatoms. The Hall–Kier alpha value is -1.35. The smallest absolute Gasteiger partial charge is 0.243 e. The number of guanidine groups is 1. The van der Waals surface area contributed by atoms with E-state index in [1.54, 1.807) is 19.0 Å². The van der Waals surface area contributed by atoms with Crippen LogP contribution in [0.25, 0.3) is 0 Å². The van der Waals surface area contributed by atoms with Crippen molar-refractivity contribution in [2.75, 3.05) is 33.8 Å². The highest BCUT2D eigenvalue weighted by Gasteiger charge is 2.18. The molecular formula is C21H35IN4O2. The number of benzene rings is 1. The summed E-state index contributed by atoms with van der Waals surface area (Å²) in [6, 6.07) is 10.6. The molecule has 0 saturated carbocycles. The van der Waals surface area contributed by atoms with Crippen molar-refractivity contribution in [1.29, 1.82) is 0 Å². The Labute approximate surface area is 186 Å². The number of hydrogen-bond acceptors (Lipinski definition) is 3.